The summed E-state index contributed by atoms with van der Waals surface area (Å²) in [6.07, 6.45) is 1.71. The van der Waals surface area contributed by atoms with Crippen molar-refractivity contribution < 1.29 is 5.11 Å². The maximum atomic E-state index is 9.60. The average molecular weight is 272 g/mol. The van der Waals surface area contributed by atoms with Gasteiger partial charge in [-0.15, -0.1) is 0 Å². The van der Waals surface area contributed by atoms with Crippen LogP contribution in [0.2, 0.25) is 0 Å². The Morgan fingerprint density at radius 2 is 2.05 bits per heavy atom. The van der Waals surface area contributed by atoms with Crippen molar-refractivity contribution in [3.8, 4) is 0 Å². The molecule has 20 heavy (non-hydrogen) atoms. The normalized spacial score (nSPS) is 18.2. The zero-order valence-electron chi connectivity index (χ0n) is 12.4. The van der Waals surface area contributed by atoms with Crippen molar-refractivity contribution in [2.45, 2.75) is 45.3 Å². The first kappa shape index (κ1) is 13.7. The first-order valence-electron chi connectivity index (χ1n) is 7.64. The van der Waals surface area contributed by atoms with Crippen LogP contribution < -0.4 is 0 Å². The molecule has 1 fully saturated rings. The monoisotopic (exact) mass is 272 g/mol. The van der Waals surface area contributed by atoms with E-state index in [0.29, 0.717) is 5.92 Å². The number of fused-ring (bicyclic) bond motifs is 1. The smallest absolute Gasteiger partial charge is 0.0564 e. The summed E-state index contributed by atoms with van der Waals surface area (Å²) in [6.45, 7) is 7.42. The Balaban J connectivity index is 1.84. The highest BCUT2D eigenvalue weighted by molar-refractivity contribution is 5.84. The molecule has 2 N–H and O–H groups in total. The van der Waals surface area contributed by atoms with Gasteiger partial charge in [0.1, 0.15) is 0 Å². The standard InChI is InChI=1S/C17H24N2O/c1-12(2)17-10-15-13(4-3-5-16(15)18-17)11-19-8-6-14(20)7-9-19/h3-5,10,12,14,18,20H,6-9,11H2,1-2H3. The van der Waals surface area contributed by atoms with Gasteiger partial charge in [-0.25, -0.2) is 0 Å². The third-order valence-corrected chi connectivity index (χ3v) is 4.35. The number of H-pyrrole nitrogens is 1. The zero-order chi connectivity index (χ0) is 14.1. The molecular weight excluding hydrogens is 248 g/mol. The van der Waals surface area contributed by atoms with Crippen LogP contribution in [-0.4, -0.2) is 34.2 Å². The number of nitrogens with one attached hydrogen (secondary N) is 1. The highest BCUT2D eigenvalue weighted by Crippen LogP contribution is 2.25. The van der Waals surface area contributed by atoms with Crippen LogP contribution >= 0.6 is 0 Å². The first-order valence-corrected chi connectivity index (χ1v) is 7.64. The molecule has 0 radical (unpaired) electrons. The van der Waals surface area contributed by atoms with Gasteiger partial charge in [-0.3, -0.25) is 4.90 Å². The number of benzene rings is 1. The van der Waals surface area contributed by atoms with Crippen LogP contribution in [0, 0.1) is 0 Å². The lowest BCUT2D eigenvalue weighted by molar-refractivity contribution is 0.0794. The number of aromatic amines is 1. The van der Waals surface area contributed by atoms with Crippen molar-refractivity contribution in [3.63, 3.8) is 0 Å². The molecule has 3 heteroatoms. The van der Waals surface area contributed by atoms with E-state index < -0.39 is 0 Å². The van der Waals surface area contributed by atoms with Gasteiger partial charge < -0.3 is 10.1 Å². The van der Waals surface area contributed by atoms with Crippen molar-refractivity contribution in [1.82, 2.24) is 9.88 Å². The van der Waals surface area contributed by atoms with Gasteiger partial charge in [0.05, 0.1) is 6.10 Å². The summed E-state index contributed by atoms with van der Waals surface area (Å²) in [5, 5.41) is 10.9. The summed E-state index contributed by atoms with van der Waals surface area (Å²) in [6, 6.07) is 8.82. The average Bonchev–Trinajstić information content (AvgIpc) is 2.87. The molecule has 0 aliphatic carbocycles. The highest BCUT2D eigenvalue weighted by Gasteiger charge is 2.18. The van der Waals surface area contributed by atoms with E-state index in [9.17, 15) is 5.11 Å². The van der Waals surface area contributed by atoms with E-state index in [1.165, 1.54) is 22.2 Å². The van der Waals surface area contributed by atoms with E-state index in [-0.39, 0.29) is 6.10 Å². The lowest BCUT2D eigenvalue weighted by Gasteiger charge is -2.29. The molecule has 0 amide bonds. The van der Waals surface area contributed by atoms with Crippen molar-refractivity contribution >= 4 is 10.9 Å². The van der Waals surface area contributed by atoms with E-state index in [4.69, 9.17) is 0 Å². The molecule has 0 spiro atoms. The molecule has 1 saturated heterocycles. The fraction of sp³-hybridized carbons (Fsp3) is 0.529. The predicted octanol–water partition coefficient (Wildman–Crippen LogP) is 3.25. The van der Waals surface area contributed by atoms with E-state index in [1.807, 2.05) is 0 Å². The molecule has 1 aromatic carbocycles. The van der Waals surface area contributed by atoms with Gasteiger partial charge in [0.25, 0.3) is 0 Å². The van der Waals surface area contributed by atoms with Crippen LogP contribution in [0.15, 0.2) is 24.3 Å². The number of aliphatic hydroxyl groups excluding tert-OH is 1. The summed E-state index contributed by atoms with van der Waals surface area (Å²) in [4.78, 5) is 5.97. The fourth-order valence-electron chi connectivity index (χ4n) is 3.01. The molecule has 2 heterocycles. The summed E-state index contributed by atoms with van der Waals surface area (Å²) in [5.41, 5.74) is 3.94. The molecule has 1 aliphatic heterocycles. The van der Waals surface area contributed by atoms with Gasteiger partial charge in [-0.05, 0) is 36.5 Å². The quantitative estimate of drug-likeness (QED) is 0.900. The van der Waals surface area contributed by atoms with Crippen LogP contribution in [0.25, 0.3) is 10.9 Å². The van der Waals surface area contributed by atoms with Crippen molar-refractivity contribution in [2.24, 2.45) is 0 Å². The van der Waals surface area contributed by atoms with Gasteiger partial charge >= 0.3 is 0 Å². The minimum Gasteiger partial charge on any atom is -0.393 e. The minimum atomic E-state index is -0.0955. The Hall–Kier alpha value is -1.32. The number of hydrogen-bond donors (Lipinski definition) is 2. The molecule has 2 aromatic rings. The number of hydrogen-bond acceptors (Lipinski definition) is 2. The lowest BCUT2D eigenvalue weighted by Crippen LogP contribution is -2.35. The second-order valence-corrected chi connectivity index (χ2v) is 6.27. The molecular formula is C17H24N2O. The second kappa shape index (κ2) is 5.58. The van der Waals surface area contributed by atoms with E-state index in [0.717, 1.165) is 32.5 Å². The number of piperidine rings is 1. The first-order chi connectivity index (χ1) is 9.63. The molecule has 1 aromatic heterocycles. The number of aromatic nitrogens is 1. The molecule has 0 bridgehead atoms. The summed E-state index contributed by atoms with van der Waals surface area (Å²) in [7, 11) is 0. The summed E-state index contributed by atoms with van der Waals surface area (Å²) in [5.74, 6) is 0.528. The maximum absolute atomic E-state index is 9.60. The summed E-state index contributed by atoms with van der Waals surface area (Å²) >= 11 is 0. The van der Waals surface area contributed by atoms with E-state index in [1.54, 1.807) is 0 Å². The summed E-state index contributed by atoms with van der Waals surface area (Å²) < 4.78 is 0. The highest BCUT2D eigenvalue weighted by atomic mass is 16.3. The number of nitrogens with zero attached hydrogens (tertiary/aromatic N) is 1. The van der Waals surface area contributed by atoms with Gasteiger partial charge in [0, 0.05) is 36.2 Å². The zero-order valence-corrected chi connectivity index (χ0v) is 12.4. The van der Waals surface area contributed by atoms with Crippen molar-refractivity contribution in [2.75, 3.05) is 13.1 Å². The van der Waals surface area contributed by atoms with E-state index in [2.05, 4.69) is 48.0 Å². The molecule has 0 saturated carbocycles. The Kier molecular flexibility index (Phi) is 3.81. The Morgan fingerprint density at radius 3 is 2.75 bits per heavy atom. The largest absolute Gasteiger partial charge is 0.393 e. The van der Waals surface area contributed by atoms with Crippen LogP contribution in [0.4, 0.5) is 0 Å². The van der Waals surface area contributed by atoms with Gasteiger partial charge in [0.2, 0.25) is 0 Å². The molecule has 0 unspecified atom stereocenters. The number of aliphatic hydroxyl groups is 1. The lowest BCUT2D eigenvalue weighted by atomic mass is 10.0. The molecule has 0 atom stereocenters. The minimum absolute atomic E-state index is 0.0955. The Morgan fingerprint density at radius 1 is 1.30 bits per heavy atom. The van der Waals surface area contributed by atoms with Crippen LogP contribution in [0.1, 0.15) is 43.9 Å². The van der Waals surface area contributed by atoms with Crippen LogP contribution in [0.3, 0.4) is 0 Å². The third kappa shape index (κ3) is 2.74. The maximum Gasteiger partial charge on any atom is 0.0564 e. The third-order valence-electron chi connectivity index (χ3n) is 4.35. The van der Waals surface area contributed by atoms with Crippen molar-refractivity contribution in [1.29, 1.82) is 0 Å². The van der Waals surface area contributed by atoms with Crippen molar-refractivity contribution in [3.05, 3.63) is 35.5 Å². The van der Waals surface area contributed by atoms with Gasteiger partial charge in [0.15, 0.2) is 0 Å². The SMILES string of the molecule is CC(C)c1cc2c(CN3CCC(O)CC3)cccc2[nH]1. The predicted molar refractivity (Wildman–Crippen MR) is 82.9 cm³/mol. The molecule has 3 nitrogen and oxygen atoms in total. The van der Waals surface area contributed by atoms with Crippen LogP contribution in [0.5, 0.6) is 0 Å². The Bertz CT molecular complexity index is 580. The molecule has 3 rings (SSSR count). The Labute approximate surface area is 120 Å². The number of rotatable bonds is 3. The molecule has 108 valence electrons. The van der Waals surface area contributed by atoms with Gasteiger partial charge in [-0.2, -0.15) is 0 Å². The van der Waals surface area contributed by atoms with Crippen LogP contribution in [-0.2, 0) is 6.54 Å². The fourth-order valence-corrected chi connectivity index (χ4v) is 3.01. The van der Waals surface area contributed by atoms with Gasteiger partial charge in [-0.1, -0.05) is 26.0 Å². The van der Waals surface area contributed by atoms with E-state index >= 15 is 0 Å². The topological polar surface area (TPSA) is 39.3 Å². The number of likely N-dealkylation sites (tertiary alicyclic amines) is 1. The second-order valence-electron chi connectivity index (χ2n) is 6.27. The molecule has 1 aliphatic rings.